The van der Waals surface area contributed by atoms with E-state index in [0.29, 0.717) is 6.61 Å². The lowest BCUT2D eigenvalue weighted by atomic mass is 10.2. The molecular weight excluding hydrogens is 180 g/mol. The molecule has 0 radical (unpaired) electrons. The smallest absolute Gasteiger partial charge is 0.119 e. The Hall–Kier alpha value is -0.803. The summed E-state index contributed by atoms with van der Waals surface area (Å²) in [7, 11) is -3.25. The van der Waals surface area contributed by atoms with Gasteiger partial charge in [-0.25, -0.2) is 0 Å². The lowest BCUT2D eigenvalue weighted by molar-refractivity contribution is 0.263. The molecule has 2 rings (SSSR count). The zero-order valence-corrected chi connectivity index (χ0v) is 8.32. The Labute approximate surface area is 85.0 Å². The van der Waals surface area contributed by atoms with Crippen LogP contribution in [-0.4, -0.2) is 33.1 Å². The van der Waals surface area contributed by atoms with Gasteiger partial charge >= 0.3 is 0 Å². The first kappa shape index (κ1) is 5.83. The molecule has 70 valence electrons. The molecule has 13 heavy (non-hydrogen) atoms. The van der Waals surface area contributed by atoms with Crippen molar-refractivity contribution in [1.29, 1.82) is 3.70 Å². The molecule has 2 nitrogen and oxygen atoms in total. The van der Waals surface area contributed by atoms with Gasteiger partial charge in [0.05, 0.1) is 6.61 Å². The van der Waals surface area contributed by atoms with Gasteiger partial charge in [0, 0.05) is 13.7 Å². The van der Waals surface area contributed by atoms with Crippen molar-refractivity contribution in [2.75, 3.05) is 13.2 Å². The summed E-state index contributed by atoms with van der Waals surface area (Å²) in [6.07, 6.45) is 0.245. The fourth-order valence-corrected chi connectivity index (χ4v) is 1.29. The monoisotopic (exact) mass is 200 g/mol. The average Bonchev–Trinajstić information content (AvgIpc) is 2.98. The lowest BCUT2D eigenvalue weighted by Crippen LogP contribution is -2.03. The van der Waals surface area contributed by atoms with Crippen molar-refractivity contribution in [1.82, 2.24) is 0 Å². The number of ether oxygens (including phenoxy) is 2. The molecule has 1 saturated heterocycles. The average molecular weight is 200 g/mol. The predicted octanol–water partition coefficient (Wildman–Crippen LogP) is 0.330. The van der Waals surface area contributed by atoms with Gasteiger partial charge in [-0.3, -0.25) is 0 Å². The van der Waals surface area contributed by atoms with Crippen molar-refractivity contribution in [3.8, 4) is 5.75 Å². The van der Waals surface area contributed by atoms with Crippen LogP contribution in [0.25, 0.3) is 0 Å². The van der Waals surface area contributed by atoms with Crippen molar-refractivity contribution in [3.05, 3.63) is 29.8 Å². The predicted molar refractivity (Wildman–Crippen MR) is 55.3 cm³/mol. The molecule has 0 spiro atoms. The van der Waals surface area contributed by atoms with E-state index in [-0.39, 0.29) is 12.1 Å². The van der Waals surface area contributed by atoms with E-state index in [1.54, 1.807) is 0 Å². The molecule has 0 aromatic heterocycles. The Morgan fingerprint density at radius 1 is 1.54 bits per heavy atom. The number of benzene rings is 1. The fourth-order valence-electron chi connectivity index (χ4n) is 1.06. The van der Waals surface area contributed by atoms with Crippen molar-refractivity contribution < 1.29 is 9.47 Å². The molecule has 1 fully saturated rings. The van der Waals surface area contributed by atoms with Crippen LogP contribution in [0.5, 0.6) is 5.75 Å². The molecule has 0 amide bonds. The number of rotatable bonds is 5. The summed E-state index contributed by atoms with van der Waals surface area (Å²) in [4.78, 5) is 0. The Balaban J connectivity index is 1.87. The number of epoxide rings is 1. The molecule has 1 heterocycles. The minimum Gasteiger partial charge on any atom is -0.491 e. The molecule has 1 aliphatic heterocycles. The number of hydrogen-bond acceptors (Lipinski definition) is 2. The summed E-state index contributed by atoms with van der Waals surface area (Å²) < 4.78 is 32.4. The molecule has 1 atom stereocenters. The van der Waals surface area contributed by atoms with Gasteiger partial charge in [-0.2, -0.15) is 0 Å². The van der Waals surface area contributed by atoms with E-state index in [0.717, 1.165) is 17.9 Å². The molecule has 1 aliphatic rings. The third-order valence-electron chi connectivity index (χ3n) is 1.97. The van der Waals surface area contributed by atoms with Gasteiger partial charge in [-0.1, -0.05) is 17.7 Å². The van der Waals surface area contributed by atoms with Crippen LogP contribution in [0.3, 0.4) is 0 Å². The van der Waals surface area contributed by atoms with Gasteiger partial charge in [0.25, 0.3) is 0 Å². The van der Waals surface area contributed by atoms with Gasteiger partial charge in [0.1, 0.15) is 18.5 Å². The van der Waals surface area contributed by atoms with E-state index >= 15 is 0 Å². The minimum absolute atomic E-state index is 0.235. The van der Waals surface area contributed by atoms with E-state index in [4.69, 9.17) is 13.2 Å². The van der Waals surface area contributed by atoms with E-state index in [1.165, 1.54) is 0 Å². The van der Waals surface area contributed by atoms with Crippen molar-refractivity contribution >= 4 is 10.0 Å². The molecule has 0 aliphatic carbocycles. The van der Waals surface area contributed by atoms with Crippen LogP contribution >= 0.6 is 0 Å². The first-order valence-corrected chi connectivity index (χ1v) is 5.07. The summed E-state index contributed by atoms with van der Waals surface area (Å²) >= 11 is 0. The molecule has 0 N–H and O–H groups in total. The lowest BCUT2D eigenvalue weighted by Gasteiger charge is -2.04. The molecule has 1 aromatic carbocycles. The summed E-state index contributed by atoms with van der Waals surface area (Å²) in [6.45, 7) is 1.36. The summed E-state index contributed by atoms with van der Waals surface area (Å²) in [6, 6.07) is 7.51. The molecule has 1 unspecified atom stereocenters. The zero-order valence-electron chi connectivity index (χ0n) is 10.3. The summed E-state index contributed by atoms with van der Waals surface area (Å²) in [5, 5.41) is 0. The maximum Gasteiger partial charge on any atom is 0.119 e. The normalized spacial score (nSPS) is 24.3. The van der Waals surface area contributed by atoms with Crippen LogP contribution < -0.4 is 4.74 Å². The second-order valence-corrected chi connectivity index (χ2v) is 3.44. The summed E-state index contributed by atoms with van der Waals surface area (Å²) in [5.74, 6) is 0.770. The van der Waals surface area contributed by atoms with Crippen molar-refractivity contribution in [3.63, 3.8) is 0 Å². The topological polar surface area (TPSA) is 21.8 Å². The quantitative estimate of drug-likeness (QED) is 0.505. The van der Waals surface area contributed by atoms with Gasteiger partial charge < -0.3 is 9.47 Å². The second-order valence-electron chi connectivity index (χ2n) is 3.09. The highest BCUT2D eigenvalue weighted by atomic mass is 28.1. The van der Waals surface area contributed by atoms with E-state index in [9.17, 15) is 0 Å². The minimum atomic E-state index is -3.25. The maximum absolute atomic E-state index is 7.29. The largest absolute Gasteiger partial charge is 0.491 e. The van der Waals surface area contributed by atoms with E-state index in [2.05, 4.69) is 0 Å². The molecule has 0 saturated carbocycles. The SMILES string of the molecule is [3H][Si]([3H])([3H])Cc1ccc(OCC2CO2)cc1. The van der Waals surface area contributed by atoms with Gasteiger partial charge in [-0.05, 0) is 18.2 Å². The highest BCUT2D eigenvalue weighted by molar-refractivity contribution is 6.08. The Morgan fingerprint density at radius 3 is 2.92 bits per heavy atom. The first-order chi connectivity index (χ1) is 7.53. The van der Waals surface area contributed by atoms with Crippen LogP contribution in [0.15, 0.2) is 24.3 Å². The Kier molecular flexibility index (Phi) is 1.77. The van der Waals surface area contributed by atoms with Crippen LogP contribution in [0.4, 0.5) is 0 Å². The molecule has 1 aromatic rings. The summed E-state index contributed by atoms with van der Waals surface area (Å²) in [5.41, 5.74) is 0.863. The third kappa shape index (κ3) is 2.57. The number of hydrogen-bond donors (Lipinski definition) is 0. The third-order valence-corrected chi connectivity index (χ3v) is 2.37. The first-order valence-electron chi connectivity index (χ1n) is 5.86. The fraction of sp³-hybridized carbons (Fsp3) is 0.400. The van der Waals surface area contributed by atoms with Crippen LogP contribution in [-0.2, 0) is 10.8 Å². The van der Waals surface area contributed by atoms with Gasteiger partial charge in [0.2, 0.25) is 0 Å². The zero-order chi connectivity index (χ0) is 11.6. The van der Waals surface area contributed by atoms with Gasteiger partial charge in [-0.15, -0.1) is 0 Å². The van der Waals surface area contributed by atoms with Crippen LogP contribution in [0.1, 0.15) is 5.56 Å². The molecular formula is C10H14O2Si. The van der Waals surface area contributed by atoms with Crippen LogP contribution in [0.2, 0.25) is 0 Å². The van der Waals surface area contributed by atoms with Crippen LogP contribution in [0, 0.1) is 0 Å². The highest BCUT2D eigenvalue weighted by Gasteiger charge is 2.22. The Bertz CT molecular complexity index is 346. The van der Waals surface area contributed by atoms with E-state index in [1.807, 2.05) is 24.3 Å². The molecule has 3 heteroatoms. The maximum atomic E-state index is 7.29. The standard InChI is InChI=1S/C10H14O2Si/c13-7-8-1-3-9(4-2-8)11-5-10-6-12-10/h1-4,10H,5-7H2,13H3/i13T3. The van der Waals surface area contributed by atoms with Crippen molar-refractivity contribution in [2.45, 2.75) is 12.1 Å². The second kappa shape index (κ2) is 3.94. The van der Waals surface area contributed by atoms with E-state index < -0.39 is 10.0 Å². The molecule has 0 bridgehead atoms. The Morgan fingerprint density at radius 2 is 2.31 bits per heavy atom. The van der Waals surface area contributed by atoms with Crippen molar-refractivity contribution in [2.24, 2.45) is 0 Å². The highest BCUT2D eigenvalue weighted by Crippen LogP contribution is 2.15. The van der Waals surface area contributed by atoms with Gasteiger partial charge in [0.15, 0.2) is 0 Å².